The fraction of sp³-hybridized carbons (Fsp3) is 0.360. The molecule has 0 aliphatic rings. The van der Waals surface area contributed by atoms with Crippen LogP contribution < -0.4 is 25.5 Å². The van der Waals surface area contributed by atoms with Gasteiger partial charge in [-0.25, -0.2) is 5.43 Å². The standard InChI is InChI=1S/C25H30BrClN4O6/c1-15(2)36-9-5-8-28-24(33)25(34)31-29-13-17-10-19(26)23(21(11-17)35-4)37-14-22(32)30-20-12-18(27)7-6-16(20)3/h6-7,10-13,15H,5,8-9,14H2,1-4H3,(H,28,33)(H,30,32)(H,31,34)/b29-13-. The highest BCUT2D eigenvalue weighted by Gasteiger charge is 2.15. The lowest BCUT2D eigenvalue weighted by molar-refractivity contribution is -0.139. The first-order valence-electron chi connectivity index (χ1n) is 11.4. The number of halogens is 2. The molecular weight excluding hydrogens is 568 g/mol. The van der Waals surface area contributed by atoms with Crippen molar-refractivity contribution >= 4 is 57.2 Å². The zero-order valence-electron chi connectivity index (χ0n) is 21.0. The number of anilines is 1. The summed E-state index contributed by atoms with van der Waals surface area (Å²) in [6, 6.07) is 8.45. The molecule has 2 rings (SSSR count). The van der Waals surface area contributed by atoms with Crippen LogP contribution in [0.1, 0.15) is 31.4 Å². The van der Waals surface area contributed by atoms with E-state index in [4.69, 9.17) is 25.8 Å². The van der Waals surface area contributed by atoms with Gasteiger partial charge in [-0.15, -0.1) is 0 Å². The van der Waals surface area contributed by atoms with Crippen molar-refractivity contribution in [3.63, 3.8) is 0 Å². The summed E-state index contributed by atoms with van der Waals surface area (Å²) in [5.74, 6) is -1.43. The van der Waals surface area contributed by atoms with E-state index in [1.165, 1.54) is 13.3 Å². The van der Waals surface area contributed by atoms with Crippen molar-refractivity contribution in [1.29, 1.82) is 0 Å². The van der Waals surface area contributed by atoms with E-state index in [0.717, 1.165) is 5.56 Å². The quantitative estimate of drug-likeness (QED) is 0.148. The van der Waals surface area contributed by atoms with Crippen LogP contribution in [-0.4, -0.2) is 56.9 Å². The molecule has 0 unspecified atom stereocenters. The van der Waals surface area contributed by atoms with Crippen molar-refractivity contribution in [3.8, 4) is 11.5 Å². The summed E-state index contributed by atoms with van der Waals surface area (Å²) in [4.78, 5) is 36.1. The molecule has 0 saturated heterocycles. The number of hydrogen-bond acceptors (Lipinski definition) is 7. The minimum Gasteiger partial charge on any atom is -0.493 e. The number of benzene rings is 2. The average molecular weight is 598 g/mol. The number of methoxy groups -OCH3 is 1. The van der Waals surface area contributed by atoms with E-state index >= 15 is 0 Å². The smallest absolute Gasteiger partial charge is 0.329 e. The van der Waals surface area contributed by atoms with Crippen molar-refractivity contribution < 1.29 is 28.6 Å². The molecule has 0 heterocycles. The molecule has 2 aromatic rings. The number of ether oxygens (including phenoxy) is 3. The first-order chi connectivity index (χ1) is 17.6. The second kappa shape index (κ2) is 15.2. The summed E-state index contributed by atoms with van der Waals surface area (Å²) in [5, 5.41) is 9.57. The van der Waals surface area contributed by atoms with Gasteiger partial charge in [0.15, 0.2) is 18.1 Å². The molecule has 0 saturated carbocycles. The molecule has 0 aliphatic heterocycles. The lowest BCUT2D eigenvalue weighted by atomic mass is 10.2. The number of amides is 3. The van der Waals surface area contributed by atoms with Gasteiger partial charge in [-0.2, -0.15) is 5.10 Å². The zero-order chi connectivity index (χ0) is 27.4. The molecule has 0 fully saturated rings. The topological polar surface area (TPSA) is 127 Å². The Kier molecular flexibility index (Phi) is 12.3. The third-order valence-corrected chi connectivity index (χ3v) is 5.54. The predicted octanol–water partition coefficient (Wildman–Crippen LogP) is 3.82. The molecular formula is C25H30BrClN4O6. The molecule has 0 radical (unpaired) electrons. The monoisotopic (exact) mass is 596 g/mol. The van der Waals surface area contributed by atoms with Crippen LogP contribution in [0.15, 0.2) is 39.9 Å². The second-order valence-electron chi connectivity index (χ2n) is 8.06. The van der Waals surface area contributed by atoms with Gasteiger partial charge in [-0.1, -0.05) is 17.7 Å². The van der Waals surface area contributed by atoms with E-state index in [1.807, 2.05) is 20.8 Å². The van der Waals surface area contributed by atoms with Crippen molar-refractivity contribution in [2.45, 2.75) is 33.3 Å². The predicted molar refractivity (Wildman–Crippen MR) is 145 cm³/mol. The SMILES string of the molecule is COc1cc(/C=N\NC(=O)C(=O)NCCCOC(C)C)cc(Br)c1OCC(=O)Nc1cc(Cl)ccc1C. The van der Waals surface area contributed by atoms with Gasteiger partial charge in [0.05, 0.1) is 23.9 Å². The number of hydrogen-bond donors (Lipinski definition) is 3. The third-order valence-electron chi connectivity index (χ3n) is 4.72. The average Bonchev–Trinajstić information content (AvgIpc) is 2.84. The highest BCUT2D eigenvalue weighted by molar-refractivity contribution is 9.10. The molecule has 0 aromatic heterocycles. The lowest BCUT2D eigenvalue weighted by Crippen LogP contribution is -2.38. The molecule has 0 spiro atoms. The summed E-state index contributed by atoms with van der Waals surface area (Å²) in [6.45, 7) is 6.21. The number of nitrogens with zero attached hydrogens (tertiary/aromatic N) is 1. The van der Waals surface area contributed by atoms with Gasteiger partial charge in [0.25, 0.3) is 5.91 Å². The summed E-state index contributed by atoms with van der Waals surface area (Å²) in [5.41, 5.74) is 4.17. The van der Waals surface area contributed by atoms with Gasteiger partial charge in [0.2, 0.25) is 0 Å². The van der Waals surface area contributed by atoms with Crippen molar-refractivity contribution in [3.05, 3.63) is 51.0 Å². The summed E-state index contributed by atoms with van der Waals surface area (Å²) >= 11 is 9.39. The maximum atomic E-state index is 12.4. The van der Waals surface area contributed by atoms with Crippen molar-refractivity contribution in [2.75, 3.05) is 32.2 Å². The normalized spacial score (nSPS) is 10.9. The van der Waals surface area contributed by atoms with Crippen molar-refractivity contribution in [1.82, 2.24) is 10.7 Å². The van der Waals surface area contributed by atoms with Gasteiger partial charge < -0.3 is 24.8 Å². The molecule has 0 bridgehead atoms. The lowest BCUT2D eigenvalue weighted by Gasteiger charge is -2.14. The molecule has 0 aliphatic carbocycles. The number of hydrazone groups is 1. The van der Waals surface area contributed by atoms with Crippen LogP contribution in [0.4, 0.5) is 5.69 Å². The molecule has 37 heavy (non-hydrogen) atoms. The molecule has 200 valence electrons. The minimum absolute atomic E-state index is 0.108. The first kappa shape index (κ1) is 30.1. The molecule has 10 nitrogen and oxygen atoms in total. The molecule has 3 N–H and O–H groups in total. The maximum Gasteiger partial charge on any atom is 0.329 e. The van der Waals surface area contributed by atoms with Gasteiger partial charge in [-0.3, -0.25) is 14.4 Å². The van der Waals surface area contributed by atoms with Gasteiger partial charge in [0.1, 0.15) is 0 Å². The Labute approximate surface area is 229 Å². The van der Waals surface area contributed by atoms with Crippen LogP contribution in [0.5, 0.6) is 11.5 Å². The fourth-order valence-corrected chi connectivity index (χ4v) is 3.64. The van der Waals surface area contributed by atoms with Crippen LogP contribution in [0.25, 0.3) is 0 Å². The number of nitrogens with one attached hydrogen (secondary N) is 3. The number of carbonyl (C=O) groups is 3. The van der Waals surface area contributed by atoms with Gasteiger partial charge in [-0.05, 0) is 78.5 Å². The highest BCUT2D eigenvalue weighted by atomic mass is 79.9. The summed E-state index contributed by atoms with van der Waals surface area (Å²) in [7, 11) is 1.45. The van der Waals surface area contributed by atoms with Crippen LogP contribution >= 0.6 is 27.5 Å². The van der Waals surface area contributed by atoms with E-state index < -0.39 is 11.8 Å². The van der Waals surface area contributed by atoms with Crippen LogP contribution in [0, 0.1) is 6.92 Å². The molecule has 2 aromatic carbocycles. The number of carbonyl (C=O) groups excluding carboxylic acids is 3. The Morgan fingerprint density at radius 1 is 1.16 bits per heavy atom. The molecule has 3 amide bonds. The Balaban J connectivity index is 1.90. The first-order valence-corrected chi connectivity index (χ1v) is 12.6. The minimum atomic E-state index is -0.895. The van der Waals surface area contributed by atoms with Crippen LogP contribution in [-0.2, 0) is 19.1 Å². The van der Waals surface area contributed by atoms with Crippen LogP contribution in [0.3, 0.4) is 0 Å². The largest absolute Gasteiger partial charge is 0.493 e. The fourth-order valence-electron chi connectivity index (χ4n) is 2.90. The Morgan fingerprint density at radius 2 is 1.92 bits per heavy atom. The molecule has 0 atom stereocenters. The van der Waals surface area contributed by atoms with Crippen LogP contribution in [0.2, 0.25) is 5.02 Å². The Bertz CT molecular complexity index is 1140. The second-order valence-corrected chi connectivity index (χ2v) is 9.35. The Morgan fingerprint density at radius 3 is 2.62 bits per heavy atom. The maximum absolute atomic E-state index is 12.4. The molecule has 12 heteroatoms. The van der Waals surface area contributed by atoms with Gasteiger partial charge >= 0.3 is 11.8 Å². The zero-order valence-corrected chi connectivity index (χ0v) is 23.4. The van der Waals surface area contributed by atoms with E-state index in [1.54, 1.807) is 30.3 Å². The van der Waals surface area contributed by atoms with Crippen molar-refractivity contribution in [2.24, 2.45) is 5.10 Å². The number of aryl methyl sites for hydroxylation is 1. The van der Waals surface area contributed by atoms with E-state index in [2.05, 4.69) is 37.1 Å². The van der Waals surface area contributed by atoms with E-state index in [-0.39, 0.29) is 18.6 Å². The van der Waals surface area contributed by atoms with E-state index in [0.29, 0.717) is 51.8 Å². The summed E-state index contributed by atoms with van der Waals surface area (Å²) < 4.78 is 16.9. The number of rotatable bonds is 12. The van der Waals surface area contributed by atoms with E-state index in [9.17, 15) is 14.4 Å². The summed E-state index contributed by atoms with van der Waals surface area (Å²) in [6.07, 6.45) is 2.04. The third kappa shape index (κ3) is 10.4. The Hall–Kier alpha value is -3.15. The highest BCUT2D eigenvalue weighted by Crippen LogP contribution is 2.36. The van der Waals surface area contributed by atoms with Gasteiger partial charge in [0, 0.05) is 23.9 Å².